The van der Waals surface area contributed by atoms with Crippen LogP contribution in [0.25, 0.3) is 0 Å². The predicted octanol–water partition coefficient (Wildman–Crippen LogP) is 1.38. The highest BCUT2D eigenvalue weighted by Gasteiger charge is 2.25. The van der Waals surface area contributed by atoms with E-state index in [1.54, 1.807) is 13.8 Å². The van der Waals surface area contributed by atoms with Crippen LogP contribution in [-0.2, 0) is 4.79 Å². The Morgan fingerprint density at radius 2 is 2.29 bits per heavy atom. The van der Waals surface area contributed by atoms with Crippen LogP contribution in [0.1, 0.15) is 30.2 Å². The minimum Gasteiger partial charge on any atom is -0.444 e. The first-order valence-electron chi connectivity index (χ1n) is 7.20. The summed E-state index contributed by atoms with van der Waals surface area (Å²) in [5.41, 5.74) is 7.14. The molecule has 0 aliphatic carbocycles. The van der Waals surface area contributed by atoms with E-state index in [-0.39, 0.29) is 17.8 Å². The third kappa shape index (κ3) is 3.43. The van der Waals surface area contributed by atoms with Crippen LogP contribution < -0.4 is 11.1 Å². The molecule has 1 aliphatic heterocycles. The van der Waals surface area contributed by atoms with Gasteiger partial charge in [-0.1, -0.05) is 6.92 Å². The van der Waals surface area contributed by atoms with Crippen LogP contribution in [0.3, 0.4) is 0 Å². The number of aryl methyl sites for hydroxylation is 1. The van der Waals surface area contributed by atoms with E-state index in [4.69, 9.17) is 15.4 Å². The molecule has 2 unspecified atom stereocenters. The number of nitrogens with two attached hydrogens (primary N) is 1. The number of piperidine rings is 1. The van der Waals surface area contributed by atoms with Gasteiger partial charge in [0.2, 0.25) is 11.8 Å². The van der Waals surface area contributed by atoms with Gasteiger partial charge in [0.1, 0.15) is 17.4 Å². The molecule has 1 aromatic rings. The quantitative estimate of drug-likeness (QED) is 0.876. The zero-order valence-electron chi connectivity index (χ0n) is 12.8. The third-order valence-electron chi connectivity index (χ3n) is 4.17. The lowest BCUT2D eigenvalue weighted by atomic mass is 9.95. The summed E-state index contributed by atoms with van der Waals surface area (Å²) in [7, 11) is 0. The topological polar surface area (TPSA) is 95.3 Å². The van der Waals surface area contributed by atoms with Gasteiger partial charge in [0, 0.05) is 24.7 Å². The van der Waals surface area contributed by atoms with Gasteiger partial charge in [-0.15, -0.1) is 0 Å². The van der Waals surface area contributed by atoms with E-state index in [2.05, 4.69) is 23.2 Å². The van der Waals surface area contributed by atoms with Crippen molar-refractivity contribution in [3.8, 4) is 6.07 Å². The number of nitrogens with zero attached hydrogens (tertiary/aromatic N) is 2. The summed E-state index contributed by atoms with van der Waals surface area (Å²) in [4.78, 5) is 14.2. The van der Waals surface area contributed by atoms with Crippen LogP contribution in [0, 0.1) is 31.1 Å². The van der Waals surface area contributed by atoms with Crippen LogP contribution >= 0.6 is 0 Å². The van der Waals surface area contributed by atoms with Gasteiger partial charge >= 0.3 is 0 Å². The number of carbonyl (C=O) groups is 1. The molecule has 1 aromatic heterocycles. The fourth-order valence-electron chi connectivity index (χ4n) is 2.61. The molecule has 0 spiro atoms. The number of furan rings is 1. The number of anilines is 1. The molecule has 2 rings (SSSR count). The van der Waals surface area contributed by atoms with E-state index in [1.807, 2.05) is 0 Å². The van der Waals surface area contributed by atoms with Gasteiger partial charge in [0.25, 0.3) is 0 Å². The van der Waals surface area contributed by atoms with Gasteiger partial charge in [0.15, 0.2) is 0 Å². The maximum atomic E-state index is 12.1. The van der Waals surface area contributed by atoms with Crippen molar-refractivity contribution in [1.82, 2.24) is 4.90 Å². The number of amides is 1. The Morgan fingerprint density at radius 1 is 1.57 bits per heavy atom. The number of hydrogen-bond acceptors (Lipinski definition) is 5. The first-order chi connectivity index (χ1) is 9.92. The highest BCUT2D eigenvalue weighted by atomic mass is 16.4. The van der Waals surface area contributed by atoms with Crippen molar-refractivity contribution in [2.24, 2.45) is 11.7 Å². The average molecular weight is 290 g/mol. The van der Waals surface area contributed by atoms with Crippen molar-refractivity contribution < 1.29 is 9.21 Å². The number of rotatable bonds is 3. The molecular formula is C15H22N4O2. The Labute approximate surface area is 124 Å². The highest BCUT2D eigenvalue weighted by Crippen LogP contribution is 2.25. The fraction of sp³-hybridized carbons (Fsp3) is 0.600. The fourth-order valence-corrected chi connectivity index (χ4v) is 2.61. The Hall–Kier alpha value is -1.84. The maximum Gasteiger partial charge on any atom is 0.240 e. The minimum absolute atomic E-state index is 0.164. The van der Waals surface area contributed by atoms with Gasteiger partial charge in [-0.3, -0.25) is 15.0 Å². The van der Waals surface area contributed by atoms with Crippen LogP contribution in [0.5, 0.6) is 0 Å². The molecule has 2 heterocycles. The van der Waals surface area contributed by atoms with Crippen molar-refractivity contribution in [2.75, 3.05) is 25.0 Å². The van der Waals surface area contributed by atoms with Gasteiger partial charge in [-0.2, -0.15) is 5.26 Å². The first-order valence-corrected chi connectivity index (χ1v) is 7.20. The largest absolute Gasteiger partial charge is 0.444 e. The second-order valence-electron chi connectivity index (χ2n) is 5.81. The molecule has 1 aliphatic rings. The van der Waals surface area contributed by atoms with E-state index in [1.165, 1.54) is 0 Å². The zero-order chi connectivity index (χ0) is 15.6. The second kappa shape index (κ2) is 6.29. The molecule has 2 atom stereocenters. The van der Waals surface area contributed by atoms with Crippen molar-refractivity contribution in [2.45, 2.75) is 33.2 Å². The molecule has 6 nitrogen and oxygen atoms in total. The third-order valence-corrected chi connectivity index (χ3v) is 4.17. The molecule has 6 heteroatoms. The van der Waals surface area contributed by atoms with Crippen LogP contribution in [-0.4, -0.2) is 36.5 Å². The molecule has 114 valence electrons. The normalized spacial score (nSPS) is 22.8. The molecule has 1 amide bonds. The van der Waals surface area contributed by atoms with Crippen molar-refractivity contribution >= 4 is 11.8 Å². The molecule has 21 heavy (non-hydrogen) atoms. The second-order valence-corrected chi connectivity index (χ2v) is 5.81. The molecule has 1 saturated heterocycles. The molecular weight excluding hydrogens is 268 g/mol. The highest BCUT2D eigenvalue weighted by molar-refractivity contribution is 5.92. The van der Waals surface area contributed by atoms with Gasteiger partial charge in [-0.25, -0.2) is 0 Å². The molecule has 0 bridgehead atoms. The lowest BCUT2D eigenvalue weighted by Gasteiger charge is -2.34. The zero-order valence-corrected chi connectivity index (χ0v) is 12.8. The van der Waals surface area contributed by atoms with Crippen LogP contribution in [0.15, 0.2) is 4.42 Å². The predicted molar refractivity (Wildman–Crippen MR) is 79.7 cm³/mol. The summed E-state index contributed by atoms with van der Waals surface area (Å²) in [5.74, 6) is 1.12. The molecule has 0 saturated carbocycles. The van der Waals surface area contributed by atoms with Gasteiger partial charge in [-0.05, 0) is 26.2 Å². The number of nitriles is 1. The monoisotopic (exact) mass is 290 g/mol. The number of nitrogens with one attached hydrogen (secondary N) is 1. The summed E-state index contributed by atoms with van der Waals surface area (Å²) in [6, 6.07) is 2.28. The molecule has 0 radical (unpaired) electrons. The summed E-state index contributed by atoms with van der Waals surface area (Å²) in [6.07, 6.45) is 0.900. The number of likely N-dealkylation sites (tertiary alicyclic amines) is 1. The van der Waals surface area contributed by atoms with E-state index in [9.17, 15) is 4.79 Å². The van der Waals surface area contributed by atoms with Crippen LogP contribution in [0.2, 0.25) is 0 Å². The lowest BCUT2D eigenvalue weighted by molar-refractivity contribution is -0.117. The maximum absolute atomic E-state index is 12.1. The SMILES string of the molecule is Cc1oc(NC(=O)CN2CCC(N)C(C)C2)c(C#N)c1C. The van der Waals surface area contributed by atoms with Crippen molar-refractivity contribution in [1.29, 1.82) is 5.26 Å². The smallest absolute Gasteiger partial charge is 0.240 e. The minimum atomic E-state index is -0.164. The summed E-state index contributed by atoms with van der Waals surface area (Å²) in [5, 5.41) is 11.8. The van der Waals surface area contributed by atoms with Gasteiger partial charge < -0.3 is 10.2 Å². The molecule has 3 N–H and O–H groups in total. The number of hydrogen-bond donors (Lipinski definition) is 2. The Kier molecular flexibility index (Phi) is 4.66. The summed E-state index contributed by atoms with van der Waals surface area (Å²) >= 11 is 0. The average Bonchev–Trinajstić information content (AvgIpc) is 2.68. The Morgan fingerprint density at radius 3 is 2.90 bits per heavy atom. The first kappa shape index (κ1) is 15.5. The van der Waals surface area contributed by atoms with E-state index in [0.29, 0.717) is 23.8 Å². The van der Waals surface area contributed by atoms with Crippen molar-refractivity contribution in [3.05, 3.63) is 16.9 Å². The van der Waals surface area contributed by atoms with E-state index in [0.717, 1.165) is 25.1 Å². The summed E-state index contributed by atoms with van der Waals surface area (Å²) in [6.45, 7) is 7.61. The molecule has 1 fully saturated rings. The standard InChI is InChI=1S/C15H22N4O2/c1-9-7-19(5-4-13(9)17)8-14(20)18-15-12(6-16)10(2)11(3)21-15/h9,13H,4-5,7-8,17H2,1-3H3,(H,18,20). The summed E-state index contributed by atoms with van der Waals surface area (Å²) < 4.78 is 5.44. The van der Waals surface area contributed by atoms with Gasteiger partial charge in [0.05, 0.1) is 6.54 Å². The number of carbonyl (C=O) groups excluding carboxylic acids is 1. The van der Waals surface area contributed by atoms with E-state index < -0.39 is 0 Å². The lowest BCUT2D eigenvalue weighted by Crippen LogP contribution is -2.48. The van der Waals surface area contributed by atoms with Crippen LogP contribution in [0.4, 0.5) is 5.88 Å². The van der Waals surface area contributed by atoms with Crippen molar-refractivity contribution in [3.63, 3.8) is 0 Å². The Bertz CT molecular complexity index is 573. The van der Waals surface area contributed by atoms with E-state index >= 15 is 0 Å². The molecule has 0 aromatic carbocycles. The Balaban J connectivity index is 1.97.